The molecular formula is C17H24N6O3. The van der Waals surface area contributed by atoms with E-state index >= 15 is 0 Å². The highest BCUT2D eigenvalue weighted by atomic mass is 16.5. The van der Waals surface area contributed by atoms with E-state index in [0.29, 0.717) is 43.1 Å². The zero-order chi connectivity index (χ0) is 18.7. The maximum absolute atomic E-state index is 11.1. The Bertz CT molecular complexity index is 775. The van der Waals surface area contributed by atoms with Gasteiger partial charge in [0.05, 0.1) is 12.4 Å². The van der Waals surface area contributed by atoms with Gasteiger partial charge in [-0.1, -0.05) is 13.8 Å². The van der Waals surface area contributed by atoms with Crippen LogP contribution in [0.5, 0.6) is 11.6 Å². The minimum Gasteiger partial charge on any atom is -0.465 e. The highest BCUT2D eigenvalue weighted by Gasteiger charge is 2.36. The first kappa shape index (κ1) is 18.0. The fourth-order valence-electron chi connectivity index (χ4n) is 3.08. The summed E-state index contributed by atoms with van der Waals surface area (Å²) < 4.78 is 7.32. The van der Waals surface area contributed by atoms with E-state index in [1.54, 1.807) is 29.3 Å². The lowest BCUT2D eigenvalue weighted by molar-refractivity contribution is 0.148. The molecule has 1 atom stereocenters. The first-order valence-corrected chi connectivity index (χ1v) is 8.55. The molecule has 2 aromatic heterocycles. The van der Waals surface area contributed by atoms with Crippen LogP contribution >= 0.6 is 0 Å². The second kappa shape index (κ2) is 7.19. The molecule has 0 aliphatic carbocycles. The molecule has 3 heterocycles. The molecule has 1 aliphatic rings. The molecule has 2 aromatic rings. The Morgan fingerprint density at radius 2 is 2.31 bits per heavy atom. The monoisotopic (exact) mass is 360 g/mol. The first-order valence-electron chi connectivity index (χ1n) is 8.55. The maximum Gasteiger partial charge on any atom is 0.407 e. The van der Waals surface area contributed by atoms with Gasteiger partial charge in [-0.05, 0) is 17.8 Å². The van der Waals surface area contributed by atoms with Gasteiger partial charge in [-0.15, -0.1) is 0 Å². The number of ether oxygens (including phenoxy) is 1. The molecule has 26 heavy (non-hydrogen) atoms. The van der Waals surface area contributed by atoms with Crippen molar-refractivity contribution in [3.63, 3.8) is 0 Å². The Hall–Kier alpha value is -2.84. The molecule has 0 saturated carbocycles. The molecule has 1 aliphatic heterocycles. The van der Waals surface area contributed by atoms with E-state index in [-0.39, 0.29) is 5.41 Å². The quantitative estimate of drug-likeness (QED) is 0.815. The van der Waals surface area contributed by atoms with Gasteiger partial charge in [-0.25, -0.2) is 9.78 Å². The molecule has 9 heteroatoms. The molecule has 2 N–H and O–H groups in total. The predicted molar refractivity (Wildman–Crippen MR) is 95.3 cm³/mol. The standard InChI is InChI=1S/C17H24N6O3/c1-17(2,12-5-7-23(9-12)16(24)25)11-19-15-18-6-4-14(21-15)26-13-8-20-22(3)10-13/h4,6,8,10,12H,5,7,9,11H2,1-3H3,(H,24,25)(H,18,19,21). The molecule has 1 saturated heterocycles. The zero-order valence-corrected chi connectivity index (χ0v) is 15.2. The Labute approximate surface area is 152 Å². The van der Waals surface area contributed by atoms with Crippen LogP contribution in [0.2, 0.25) is 0 Å². The number of nitrogens with zero attached hydrogens (tertiary/aromatic N) is 5. The van der Waals surface area contributed by atoms with Crippen LogP contribution in [-0.2, 0) is 7.05 Å². The van der Waals surface area contributed by atoms with Gasteiger partial charge in [0.1, 0.15) is 0 Å². The Balaban J connectivity index is 1.58. The number of likely N-dealkylation sites (tertiary alicyclic amines) is 1. The molecule has 0 bridgehead atoms. The van der Waals surface area contributed by atoms with E-state index in [2.05, 4.69) is 34.2 Å². The van der Waals surface area contributed by atoms with Crippen molar-refractivity contribution in [3.8, 4) is 11.6 Å². The highest BCUT2D eigenvalue weighted by Crippen LogP contribution is 2.34. The predicted octanol–water partition coefficient (Wildman–Crippen LogP) is 2.44. The summed E-state index contributed by atoms with van der Waals surface area (Å²) in [5.74, 6) is 1.82. The third kappa shape index (κ3) is 4.22. The molecule has 1 amide bonds. The molecule has 140 valence electrons. The fourth-order valence-corrected chi connectivity index (χ4v) is 3.08. The first-order chi connectivity index (χ1) is 12.3. The molecule has 0 spiro atoms. The summed E-state index contributed by atoms with van der Waals surface area (Å²) in [4.78, 5) is 21.2. The van der Waals surface area contributed by atoms with Crippen LogP contribution in [0.3, 0.4) is 0 Å². The number of aromatic nitrogens is 4. The number of carbonyl (C=O) groups is 1. The van der Waals surface area contributed by atoms with Crippen LogP contribution < -0.4 is 10.1 Å². The second-order valence-corrected chi connectivity index (χ2v) is 7.23. The average molecular weight is 360 g/mol. The number of hydrogen-bond donors (Lipinski definition) is 2. The summed E-state index contributed by atoms with van der Waals surface area (Å²) in [6.45, 7) is 6.06. The summed E-state index contributed by atoms with van der Waals surface area (Å²) >= 11 is 0. The van der Waals surface area contributed by atoms with E-state index in [4.69, 9.17) is 9.84 Å². The van der Waals surface area contributed by atoms with Gasteiger partial charge in [-0.3, -0.25) is 4.68 Å². The number of anilines is 1. The van der Waals surface area contributed by atoms with Crippen molar-refractivity contribution in [3.05, 3.63) is 24.7 Å². The number of nitrogens with one attached hydrogen (secondary N) is 1. The Kier molecular flexibility index (Phi) is 4.97. The second-order valence-electron chi connectivity index (χ2n) is 7.23. The smallest absolute Gasteiger partial charge is 0.407 e. The summed E-state index contributed by atoms with van der Waals surface area (Å²) in [6, 6.07) is 1.69. The van der Waals surface area contributed by atoms with Crippen molar-refractivity contribution in [2.45, 2.75) is 20.3 Å². The van der Waals surface area contributed by atoms with Crippen molar-refractivity contribution >= 4 is 12.0 Å². The van der Waals surface area contributed by atoms with E-state index in [1.165, 1.54) is 4.90 Å². The number of carboxylic acid groups (broad SMARTS) is 1. The van der Waals surface area contributed by atoms with Crippen LogP contribution in [0.25, 0.3) is 0 Å². The lowest BCUT2D eigenvalue weighted by Crippen LogP contribution is -2.35. The Morgan fingerprint density at radius 3 is 2.96 bits per heavy atom. The summed E-state index contributed by atoms with van der Waals surface area (Å²) in [5.41, 5.74) is -0.0895. The third-order valence-electron chi connectivity index (χ3n) is 4.80. The lowest BCUT2D eigenvalue weighted by atomic mass is 9.78. The van der Waals surface area contributed by atoms with Crippen LogP contribution in [0.15, 0.2) is 24.7 Å². The molecule has 3 rings (SSSR count). The molecule has 1 fully saturated rings. The molecule has 1 unspecified atom stereocenters. The Morgan fingerprint density at radius 1 is 1.50 bits per heavy atom. The summed E-state index contributed by atoms with van der Waals surface area (Å²) in [6.07, 6.45) is 5.03. The van der Waals surface area contributed by atoms with Crippen molar-refractivity contribution in [1.82, 2.24) is 24.6 Å². The molecule has 9 nitrogen and oxygen atoms in total. The number of rotatable bonds is 6. The van der Waals surface area contributed by atoms with E-state index in [1.807, 2.05) is 7.05 Å². The maximum atomic E-state index is 11.1. The molecule has 0 aromatic carbocycles. The van der Waals surface area contributed by atoms with Gasteiger partial charge >= 0.3 is 6.09 Å². The normalized spacial score (nSPS) is 17.3. The molecular weight excluding hydrogens is 336 g/mol. The van der Waals surface area contributed by atoms with E-state index < -0.39 is 6.09 Å². The fraction of sp³-hybridized carbons (Fsp3) is 0.529. The van der Waals surface area contributed by atoms with Crippen molar-refractivity contribution in [2.24, 2.45) is 18.4 Å². The molecule has 0 radical (unpaired) electrons. The van der Waals surface area contributed by atoms with Crippen molar-refractivity contribution < 1.29 is 14.6 Å². The highest BCUT2D eigenvalue weighted by molar-refractivity contribution is 5.65. The van der Waals surface area contributed by atoms with Crippen molar-refractivity contribution in [2.75, 3.05) is 25.0 Å². The topological polar surface area (TPSA) is 105 Å². The third-order valence-corrected chi connectivity index (χ3v) is 4.80. The van der Waals surface area contributed by atoms with Crippen LogP contribution in [0.1, 0.15) is 20.3 Å². The minimum absolute atomic E-state index is 0.0895. The largest absolute Gasteiger partial charge is 0.465 e. The van der Waals surface area contributed by atoms with Crippen LogP contribution in [0.4, 0.5) is 10.7 Å². The summed E-state index contributed by atoms with van der Waals surface area (Å²) in [5, 5.41) is 16.4. The summed E-state index contributed by atoms with van der Waals surface area (Å²) in [7, 11) is 1.82. The van der Waals surface area contributed by atoms with E-state index in [0.717, 1.165) is 6.42 Å². The lowest BCUT2D eigenvalue weighted by Gasteiger charge is -2.31. The van der Waals surface area contributed by atoms with Gasteiger partial charge < -0.3 is 20.1 Å². The number of amides is 1. The number of hydrogen-bond acceptors (Lipinski definition) is 6. The van der Waals surface area contributed by atoms with Crippen LogP contribution in [0, 0.1) is 11.3 Å². The van der Waals surface area contributed by atoms with Gasteiger partial charge in [-0.2, -0.15) is 10.1 Å². The SMILES string of the molecule is Cn1cc(Oc2ccnc(NCC(C)(C)C3CCN(C(=O)O)C3)n2)cn1. The van der Waals surface area contributed by atoms with Gasteiger partial charge in [0, 0.05) is 38.9 Å². The van der Waals surface area contributed by atoms with Gasteiger partial charge in [0.2, 0.25) is 11.8 Å². The van der Waals surface area contributed by atoms with Gasteiger partial charge in [0.15, 0.2) is 5.75 Å². The van der Waals surface area contributed by atoms with Crippen molar-refractivity contribution in [1.29, 1.82) is 0 Å². The zero-order valence-electron chi connectivity index (χ0n) is 15.2. The van der Waals surface area contributed by atoms with Crippen LogP contribution in [-0.4, -0.2) is 55.5 Å². The van der Waals surface area contributed by atoms with Gasteiger partial charge in [0.25, 0.3) is 0 Å². The average Bonchev–Trinajstić information content (AvgIpc) is 3.23. The van der Waals surface area contributed by atoms with E-state index in [9.17, 15) is 4.79 Å². The minimum atomic E-state index is -0.847. The number of aryl methyl sites for hydroxylation is 1.